The van der Waals surface area contributed by atoms with Crippen molar-refractivity contribution < 1.29 is 18.1 Å². The maximum Gasteiger partial charge on any atom is 0.312 e. The van der Waals surface area contributed by atoms with E-state index in [2.05, 4.69) is 4.98 Å². The fourth-order valence-corrected chi connectivity index (χ4v) is 3.88. The highest BCUT2D eigenvalue weighted by molar-refractivity contribution is 7.89. The Kier molecular flexibility index (Phi) is 6.52. The zero-order valence-corrected chi connectivity index (χ0v) is 15.8. The summed E-state index contributed by atoms with van der Waals surface area (Å²) in [5.41, 5.74) is 0.253. The van der Waals surface area contributed by atoms with Gasteiger partial charge in [-0.3, -0.25) is 10.1 Å². The molecule has 0 amide bonds. The SMILES string of the molecule is CCN(CC)S(=O)(=O)c1ccc(OCc2ccc(Cl)nc2)c([N+](=O)[O-])c1. The van der Waals surface area contributed by atoms with Gasteiger partial charge in [0.15, 0.2) is 5.75 Å². The molecule has 0 saturated heterocycles. The molecule has 10 heteroatoms. The number of benzene rings is 1. The summed E-state index contributed by atoms with van der Waals surface area (Å²) < 4.78 is 31.8. The van der Waals surface area contributed by atoms with Crippen LogP contribution in [0.3, 0.4) is 0 Å². The summed E-state index contributed by atoms with van der Waals surface area (Å²) in [4.78, 5) is 14.4. The summed E-state index contributed by atoms with van der Waals surface area (Å²) >= 11 is 5.70. The lowest BCUT2D eigenvalue weighted by Crippen LogP contribution is -2.30. The first kappa shape index (κ1) is 20.1. The predicted molar refractivity (Wildman–Crippen MR) is 96.8 cm³/mol. The van der Waals surface area contributed by atoms with Crippen LogP contribution in [0.4, 0.5) is 5.69 Å². The van der Waals surface area contributed by atoms with Crippen molar-refractivity contribution in [1.82, 2.24) is 9.29 Å². The molecule has 26 heavy (non-hydrogen) atoms. The first-order valence-electron chi connectivity index (χ1n) is 7.81. The molecule has 0 fully saturated rings. The van der Waals surface area contributed by atoms with Crippen LogP contribution in [0.5, 0.6) is 5.75 Å². The second-order valence-electron chi connectivity index (χ2n) is 5.25. The summed E-state index contributed by atoms with van der Waals surface area (Å²) in [6, 6.07) is 6.87. The van der Waals surface area contributed by atoms with E-state index >= 15 is 0 Å². The van der Waals surface area contributed by atoms with Gasteiger partial charge in [0.25, 0.3) is 0 Å². The largest absolute Gasteiger partial charge is 0.482 e. The molecular formula is C16H18ClN3O5S. The number of nitro groups is 1. The molecule has 140 valence electrons. The lowest BCUT2D eigenvalue weighted by atomic mass is 10.3. The van der Waals surface area contributed by atoms with Crippen molar-refractivity contribution in [2.75, 3.05) is 13.1 Å². The molecule has 8 nitrogen and oxygen atoms in total. The maximum absolute atomic E-state index is 12.5. The van der Waals surface area contributed by atoms with Gasteiger partial charge in [-0.2, -0.15) is 4.31 Å². The molecule has 0 radical (unpaired) electrons. The van der Waals surface area contributed by atoms with Gasteiger partial charge in [0.1, 0.15) is 11.8 Å². The minimum absolute atomic E-state index is 0.0246. The summed E-state index contributed by atoms with van der Waals surface area (Å²) in [7, 11) is -3.80. The van der Waals surface area contributed by atoms with Crippen molar-refractivity contribution in [2.24, 2.45) is 0 Å². The van der Waals surface area contributed by atoms with Crippen molar-refractivity contribution in [3.8, 4) is 5.75 Å². The average Bonchev–Trinajstić information content (AvgIpc) is 2.61. The quantitative estimate of drug-likeness (QED) is 0.383. The highest BCUT2D eigenvalue weighted by Crippen LogP contribution is 2.31. The van der Waals surface area contributed by atoms with Crippen molar-refractivity contribution in [1.29, 1.82) is 0 Å². The molecule has 0 N–H and O–H groups in total. The van der Waals surface area contributed by atoms with Crippen molar-refractivity contribution in [2.45, 2.75) is 25.3 Å². The molecule has 1 heterocycles. The van der Waals surface area contributed by atoms with E-state index in [0.29, 0.717) is 10.7 Å². The lowest BCUT2D eigenvalue weighted by Gasteiger charge is -2.18. The Morgan fingerprint density at radius 2 is 1.92 bits per heavy atom. The van der Waals surface area contributed by atoms with Crippen LogP contribution in [0.1, 0.15) is 19.4 Å². The van der Waals surface area contributed by atoms with Crippen LogP contribution in [0, 0.1) is 10.1 Å². The molecule has 0 atom stereocenters. The zero-order chi connectivity index (χ0) is 19.3. The maximum atomic E-state index is 12.5. The minimum Gasteiger partial charge on any atom is -0.482 e. The number of nitrogens with zero attached hydrogens (tertiary/aromatic N) is 3. The third-order valence-corrected chi connectivity index (χ3v) is 5.92. The van der Waals surface area contributed by atoms with Crippen LogP contribution in [-0.2, 0) is 16.6 Å². The summed E-state index contributed by atoms with van der Waals surface area (Å²) in [5, 5.41) is 11.7. The molecule has 0 saturated carbocycles. The van der Waals surface area contributed by atoms with E-state index in [1.54, 1.807) is 26.0 Å². The van der Waals surface area contributed by atoms with E-state index in [-0.39, 0.29) is 30.3 Å². The van der Waals surface area contributed by atoms with E-state index in [4.69, 9.17) is 16.3 Å². The Morgan fingerprint density at radius 1 is 1.23 bits per heavy atom. The lowest BCUT2D eigenvalue weighted by molar-refractivity contribution is -0.386. The third-order valence-electron chi connectivity index (χ3n) is 3.65. The van der Waals surface area contributed by atoms with Crippen LogP contribution in [0.25, 0.3) is 0 Å². The number of nitro benzene ring substituents is 1. The van der Waals surface area contributed by atoms with Crippen molar-refractivity contribution in [3.05, 3.63) is 57.4 Å². The van der Waals surface area contributed by atoms with Crippen LogP contribution in [0.15, 0.2) is 41.4 Å². The van der Waals surface area contributed by atoms with E-state index in [1.165, 1.54) is 22.6 Å². The van der Waals surface area contributed by atoms with Gasteiger partial charge in [-0.05, 0) is 18.2 Å². The highest BCUT2D eigenvalue weighted by Gasteiger charge is 2.26. The van der Waals surface area contributed by atoms with E-state index in [0.717, 1.165) is 6.07 Å². The zero-order valence-electron chi connectivity index (χ0n) is 14.3. The van der Waals surface area contributed by atoms with Crippen LogP contribution in [0.2, 0.25) is 5.15 Å². The number of sulfonamides is 1. The molecule has 0 aliphatic rings. The van der Waals surface area contributed by atoms with Crippen LogP contribution < -0.4 is 4.74 Å². The fourth-order valence-electron chi connectivity index (χ4n) is 2.29. The first-order valence-corrected chi connectivity index (χ1v) is 9.63. The van der Waals surface area contributed by atoms with E-state index < -0.39 is 20.6 Å². The number of rotatable bonds is 8. The van der Waals surface area contributed by atoms with Gasteiger partial charge in [-0.1, -0.05) is 31.5 Å². The number of pyridine rings is 1. The Balaban J connectivity index is 2.31. The Morgan fingerprint density at radius 3 is 2.46 bits per heavy atom. The smallest absolute Gasteiger partial charge is 0.312 e. The summed E-state index contributed by atoms with van der Waals surface area (Å²) in [6.07, 6.45) is 1.49. The Hall–Kier alpha value is -2.23. The second-order valence-corrected chi connectivity index (χ2v) is 7.58. The molecule has 0 unspecified atom stereocenters. The van der Waals surface area contributed by atoms with Gasteiger partial charge in [-0.15, -0.1) is 0 Å². The predicted octanol–water partition coefficient (Wildman–Crippen LogP) is 3.25. The molecular weight excluding hydrogens is 382 g/mol. The molecule has 0 bridgehead atoms. The van der Waals surface area contributed by atoms with Gasteiger partial charge >= 0.3 is 5.69 Å². The van der Waals surface area contributed by atoms with Gasteiger partial charge in [-0.25, -0.2) is 13.4 Å². The molecule has 2 aromatic rings. The van der Waals surface area contributed by atoms with Crippen LogP contribution in [-0.4, -0.2) is 35.7 Å². The molecule has 0 aliphatic heterocycles. The molecule has 1 aromatic carbocycles. The Bertz CT molecular complexity index is 883. The van der Waals surface area contributed by atoms with Gasteiger partial charge < -0.3 is 4.74 Å². The highest BCUT2D eigenvalue weighted by atomic mass is 35.5. The second kappa shape index (κ2) is 8.43. The number of hydrogen-bond donors (Lipinski definition) is 0. The summed E-state index contributed by atoms with van der Waals surface area (Å²) in [5.74, 6) is -0.0246. The fraction of sp³-hybridized carbons (Fsp3) is 0.312. The van der Waals surface area contributed by atoms with Crippen LogP contribution >= 0.6 is 11.6 Å². The Labute approximate surface area is 156 Å². The summed E-state index contributed by atoms with van der Waals surface area (Å²) in [6.45, 7) is 3.98. The normalized spacial score (nSPS) is 11.5. The number of aromatic nitrogens is 1. The van der Waals surface area contributed by atoms with Crippen molar-refractivity contribution >= 4 is 27.3 Å². The number of halogens is 1. The van der Waals surface area contributed by atoms with Gasteiger partial charge in [0.2, 0.25) is 10.0 Å². The first-order chi connectivity index (χ1) is 12.3. The molecule has 0 spiro atoms. The topological polar surface area (TPSA) is 103 Å². The molecule has 0 aliphatic carbocycles. The number of ether oxygens (including phenoxy) is 1. The van der Waals surface area contributed by atoms with Gasteiger partial charge in [0, 0.05) is 30.9 Å². The van der Waals surface area contributed by atoms with Gasteiger partial charge in [0.05, 0.1) is 9.82 Å². The molecule has 2 rings (SSSR count). The number of hydrogen-bond acceptors (Lipinski definition) is 6. The van der Waals surface area contributed by atoms with E-state index in [1.807, 2.05) is 0 Å². The van der Waals surface area contributed by atoms with Crippen molar-refractivity contribution in [3.63, 3.8) is 0 Å². The third kappa shape index (κ3) is 4.48. The standard InChI is InChI=1S/C16H18ClN3O5S/c1-3-19(4-2)26(23,24)13-6-7-15(14(9-13)20(21)22)25-11-12-5-8-16(17)18-10-12/h5-10H,3-4,11H2,1-2H3. The van der Waals surface area contributed by atoms with E-state index in [9.17, 15) is 18.5 Å². The molecule has 1 aromatic heterocycles. The minimum atomic E-state index is -3.80. The average molecular weight is 400 g/mol. The monoisotopic (exact) mass is 399 g/mol.